The highest BCUT2D eigenvalue weighted by Crippen LogP contribution is 2.29. The number of nitro benzene ring substituents is 1. The third-order valence-electron chi connectivity index (χ3n) is 3.52. The number of nitrogens with one attached hydrogen (secondary N) is 1. The first-order valence-corrected chi connectivity index (χ1v) is 10.6. The maximum Gasteiger partial charge on any atom is 0.288 e. The van der Waals surface area contributed by atoms with E-state index in [1.807, 2.05) is 17.5 Å². The van der Waals surface area contributed by atoms with Crippen molar-refractivity contribution in [3.8, 4) is 11.3 Å². The van der Waals surface area contributed by atoms with Crippen LogP contribution in [0.2, 0.25) is 10.0 Å². The third-order valence-corrected chi connectivity index (χ3v) is 6.11. The maximum absolute atomic E-state index is 11.9. The van der Waals surface area contributed by atoms with E-state index in [9.17, 15) is 14.9 Å². The number of thioether (sulfide) groups is 1. The Balaban J connectivity index is 1.52. The van der Waals surface area contributed by atoms with E-state index in [2.05, 4.69) is 15.5 Å². The number of benzene rings is 2. The molecule has 11 heteroatoms. The van der Waals surface area contributed by atoms with Crippen LogP contribution in [-0.4, -0.2) is 27.8 Å². The zero-order chi connectivity index (χ0) is 20.8. The predicted molar refractivity (Wildman–Crippen MR) is 117 cm³/mol. The zero-order valence-corrected chi connectivity index (χ0v) is 17.7. The number of aromatic nitrogens is 1. The molecule has 0 bridgehead atoms. The molecule has 3 rings (SSSR count). The molecule has 1 amide bonds. The lowest BCUT2D eigenvalue weighted by molar-refractivity contribution is -0.384. The first kappa shape index (κ1) is 21.3. The summed E-state index contributed by atoms with van der Waals surface area (Å²) in [5.74, 6) is -0.191. The van der Waals surface area contributed by atoms with Crippen molar-refractivity contribution in [3.05, 3.63) is 73.6 Å². The van der Waals surface area contributed by atoms with Gasteiger partial charge in [0.1, 0.15) is 5.02 Å². The van der Waals surface area contributed by atoms with Gasteiger partial charge in [-0.25, -0.2) is 10.4 Å². The molecule has 0 radical (unpaired) electrons. The van der Waals surface area contributed by atoms with Crippen molar-refractivity contribution in [2.75, 3.05) is 5.75 Å². The molecular weight excluding hydrogens is 455 g/mol. The van der Waals surface area contributed by atoms with E-state index in [0.717, 1.165) is 15.6 Å². The van der Waals surface area contributed by atoms with Crippen LogP contribution in [0.3, 0.4) is 0 Å². The van der Waals surface area contributed by atoms with E-state index < -0.39 is 4.92 Å². The summed E-state index contributed by atoms with van der Waals surface area (Å²) in [5.41, 5.74) is 4.36. The fraction of sp³-hybridized carbons (Fsp3) is 0.0556. The molecule has 0 spiro atoms. The zero-order valence-electron chi connectivity index (χ0n) is 14.5. The van der Waals surface area contributed by atoms with Crippen LogP contribution in [0.1, 0.15) is 5.56 Å². The van der Waals surface area contributed by atoms with Crippen molar-refractivity contribution in [1.82, 2.24) is 10.4 Å². The molecular formula is C18H12Cl2N4O3S2. The number of nitro groups is 1. The SMILES string of the molecule is O=C(CSc1nc(-c2ccc(Cl)cc2)cs1)N/N=C/c1ccc(Cl)c([N+](=O)[O-])c1. The monoisotopic (exact) mass is 466 g/mol. The summed E-state index contributed by atoms with van der Waals surface area (Å²) in [6.45, 7) is 0. The minimum atomic E-state index is -0.582. The molecule has 7 nitrogen and oxygen atoms in total. The van der Waals surface area contributed by atoms with Crippen LogP contribution in [0.25, 0.3) is 11.3 Å². The van der Waals surface area contributed by atoms with E-state index in [4.69, 9.17) is 23.2 Å². The lowest BCUT2D eigenvalue weighted by Crippen LogP contribution is -2.19. The Bertz CT molecular complexity index is 1070. The number of amides is 1. The first-order chi connectivity index (χ1) is 13.9. The normalized spacial score (nSPS) is 11.0. The van der Waals surface area contributed by atoms with E-state index >= 15 is 0 Å². The van der Waals surface area contributed by atoms with Gasteiger partial charge in [0.2, 0.25) is 0 Å². The van der Waals surface area contributed by atoms with Gasteiger partial charge < -0.3 is 0 Å². The number of hydrazone groups is 1. The molecule has 0 atom stereocenters. The number of rotatable bonds is 7. The molecule has 1 heterocycles. The van der Waals surface area contributed by atoms with Crippen molar-refractivity contribution in [2.45, 2.75) is 4.34 Å². The van der Waals surface area contributed by atoms with Gasteiger partial charge in [0.25, 0.3) is 11.6 Å². The average Bonchev–Trinajstić information content (AvgIpc) is 3.17. The molecule has 0 fully saturated rings. The molecule has 3 aromatic rings. The lowest BCUT2D eigenvalue weighted by atomic mass is 10.2. The second kappa shape index (κ2) is 9.84. The van der Waals surface area contributed by atoms with Crippen LogP contribution in [-0.2, 0) is 4.79 Å². The Labute approximate surface area is 183 Å². The summed E-state index contributed by atoms with van der Waals surface area (Å²) in [7, 11) is 0. The summed E-state index contributed by atoms with van der Waals surface area (Å²) in [6, 6.07) is 11.6. The molecule has 0 aliphatic heterocycles. The Morgan fingerprint density at radius 3 is 2.76 bits per heavy atom. The quantitative estimate of drug-likeness (QED) is 0.221. The second-order valence-corrected chi connectivity index (χ2v) is 8.48. The standard InChI is InChI=1S/C18H12Cl2N4O3S2/c19-13-4-2-12(3-5-13)15-9-28-18(22-15)29-10-17(25)23-21-8-11-1-6-14(20)16(7-11)24(26)27/h1-9H,10H2,(H,23,25)/b21-8+. The van der Waals surface area contributed by atoms with E-state index in [-0.39, 0.29) is 22.4 Å². The summed E-state index contributed by atoms with van der Waals surface area (Å²) in [6.07, 6.45) is 1.31. The van der Waals surface area contributed by atoms with Crippen LogP contribution in [0, 0.1) is 10.1 Å². The van der Waals surface area contributed by atoms with Gasteiger partial charge in [0.05, 0.1) is 22.6 Å². The summed E-state index contributed by atoms with van der Waals surface area (Å²) in [4.78, 5) is 26.7. The molecule has 0 saturated carbocycles. The molecule has 0 saturated heterocycles. The summed E-state index contributed by atoms with van der Waals surface area (Å²) >= 11 is 14.4. The van der Waals surface area contributed by atoms with Gasteiger partial charge in [0.15, 0.2) is 4.34 Å². The largest absolute Gasteiger partial charge is 0.288 e. The fourth-order valence-electron chi connectivity index (χ4n) is 2.17. The molecule has 29 heavy (non-hydrogen) atoms. The van der Waals surface area contributed by atoms with Crippen molar-refractivity contribution in [3.63, 3.8) is 0 Å². The van der Waals surface area contributed by atoms with Crippen molar-refractivity contribution in [2.24, 2.45) is 5.10 Å². The molecule has 148 valence electrons. The number of hydrogen-bond donors (Lipinski definition) is 1. The molecule has 0 aliphatic carbocycles. The van der Waals surface area contributed by atoms with Crippen LogP contribution < -0.4 is 5.43 Å². The van der Waals surface area contributed by atoms with E-state index in [0.29, 0.717) is 10.6 Å². The molecule has 1 N–H and O–H groups in total. The highest BCUT2D eigenvalue weighted by atomic mass is 35.5. The minimum Gasteiger partial charge on any atom is -0.272 e. The number of halogens is 2. The van der Waals surface area contributed by atoms with Crippen LogP contribution in [0.15, 0.2) is 57.3 Å². The summed E-state index contributed by atoms with van der Waals surface area (Å²) in [5, 5.41) is 17.3. The highest BCUT2D eigenvalue weighted by molar-refractivity contribution is 8.01. The van der Waals surface area contributed by atoms with E-state index in [1.165, 1.54) is 41.4 Å². The molecule has 1 aromatic heterocycles. The Hall–Kier alpha value is -2.46. The van der Waals surface area contributed by atoms with Crippen LogP contribution >= 0.6 is 46.3 Å². The lowest BCUT2D eigenvalue weighted by Gasteiger charge is -1.99. The minimum absolute atomic E-state index is 0.0361. The van der Waals surface area contributed by atoms with Gasteiger partial charge >= 0.3 is 0 Å². The number of nitrogens with zero attached hydrogens (tertiary/aromatic N) is 3. The first-order valence-electron chi connectivity index (χ1n) is 8.02. The number of thiazole rings is 1. The number of carbonyl (C=O) groups excluding carboxylic acids is 1. The van der Waals surface area contributed by atoms with Crippen molar-refractivity contribution >= 4 is 64.1 Å². The van der Waals surface area contributed by atoms with E-state index in [1.54, 1.807) is 18.2 Å². The van der Waals surface area contributed by atoms with Gasteiger partial charge in [-0.3, -0.25) is 14.9 Å². The smallest absolute Gasteiger partial charge is 0.272 e. The summed E-state index contributed by atoms with van der Waals surface area (Å²) < 4.78 is 0.752. The predicted octanol–water partition coefficient (Wildman–Crippen LogP) is 5.27. The Morgan fingerprint density at radius 1 is 1.28 bits per heavy atom. The van der Waals surface area contributed by atoms with Gasteiger partial charge in [-0.15, -0.1) is 11.3 Å². The Morgan fingerprint density at radius 2 is 2.03 bits per heavy atom. The van der Waals surface area contributed by atoms with Crippen molar-refractivity contribution in [1.29, 1.82) is 0 Å². The number of hydrogen-bond acceptors (Lipinski definition) is 7. The van der Waals surface area contributed by atoms with Gasteiger partial charge in [0, 0.05) is 27.6 Å². The topological polar surface area (TPSA) is 97.5 Å². The van der Waals surface area contributed by atoms with Gasteiger partial charge in [-0.05, 0) is 18.2 Å². The fourth-order valence-corrected chi connectivity index (χ4v) is 4.11. The maximum atomic E-state index is 11.9. The molecule has 0 unspecified atom stereocenters. The van der Waals surface area contributed by atoms with Crippen LogP contribution in [0.4, 0.5) is 5.69 Å². The number of carbonyl (C=O) groups is 1. The second-order valence-electron chi connectivity index (χ2n) is 5.56. The van der Waals surface area contributed by atoms with Gasteiger partial charge in [-0.1, -0.05) is 53.2 Å². The van der Waals surface area contributed by atoms with Gasteiger partial charge in [-0.2, -0.15) is 5.10 Å². The third kappa shape index (κ3) is 6.01. The van der Waals surface area contributed by atoms with Crippen molar-refractivity contribution < 1.29 is 9.72 Å². The Kier molecular flexibility index (Phi) is 7.21. The molecule has 2 aromatic carbocycles. The average molecular weight is 467 g/mol. The highest BCUT2D eigenvalue weighted by Gasteiger charge is 2.12. The molecule has 0 aliphatic rings. The van der Waals surface area contributed by atoms with Crippen LogP contribution in [0.5, 0.6) is 0 Å².